The van der Waals surface area contributed by atoms with Gasteiger partial charge in [-0.3, -0.25) is 0 Å². The summed E-state index contributed by atoms with van der Waals surface area (Å²) < 4.78 is 26.3. The SMILES string of the molecule is N[C@@H](c1cc(Cl)cc(Cl)c1Cl)C(F)(F)CO. The van der Waals surface area contributed by atoms with Crippen molar-refractivity contribution < 1.29 is 13.9 Å². The highest BCUT2D eigenvalue weighted by Crippen LogP contribution is 2.38. The standard InChI is InChI=1S/C9H8Cl3F2NO/c10-4-1-5(7(12)6(11)2-4)8(15)9(13,14)3-16/h1-2,8,16H,3,15H2/t8-/m0/s1. The van der Waals surface area contributed by atoms with Crippen LogP contribution < -0.4 is 5.73 Å². The summed E-state index contributed by atoms with van der Waals surface area (Å²) in [5.41, 5.74) is 5.21. The summed E-state index contributed by atoms with van der Waals surface area (Å²) in [6.07, 6.45) is 0. The molecule has 0 aromatic heterocycles. The number of halogens is 5. The second-order valence-corrected chi connectivity index (χ2v) is 4.41. The largest absolute Gasteiger partial charge is 0.390 e. The van der Waals surface area contributed by atoms with Gasteiger partial charge in [-0.25, -0.2) is 8.78 Å². The molecule has 1 aromatic carbocycles. The van der Waals surface area contributed by atoms with Crippen molar-refractivity contribution in [3.8, 4) is 0 Å². The third-order valence-corrected chi connectivity index (χ3v) is 3.06. The number of alkyl halides is 2. The molecule has 0 amide bonds. The van der Waals surface area contributed by atoms with E-state index < -0.39 is 18.6 Å². The van der Waals surface area contributed by atoms with Gasteiger partial charge in [0.15, 0.2) is 0 Å². The van der Waals surface area contributed by atoms with Gasteiger partial charge >= 0.3 is 0 Å². The Balaban J connectivity index is 3.23. The van der Waals surface area contributed by atoms with E-state index in [1.807, 2.05) is 0 Å². The molecule has 0 saturated heterocycles. The van der Waals surface area contributed by atoms with Crippen molar-refractivity contribution in [1.82, 2.24) is 0 Å². The van der Waals surface area contributed by atoms with Crippen LogP contribution in [0, 0.1) is 0 Å². The molecule has 90 valence electrons. The first-order chi connectivity index (χ1) is 7.29. The highest BCUT2D eigenvalue weighted by atomic mass is 35.5. The third kappa shape index (κ3) is 2.76. The van der Waals surface area contributed by atoms with Crippen molar-refractivity contribution in [3.05, 3.63) is 32.8 Å². The summed E-state index contributed by atoms with van der Waals surface area (Å²) in [4.78, 5) is 0. The van der Waals surface area contributed by atoms with Crippen molar-refractivity contribution in [2.45, 2.75) is 12.0 Å². The molecule has 0 fully saturated rings. The van der Waals surface area contributed by atoms with Crippen molar-refractivity contribution in [2.24, 2.45) is 5.73 Å². The van der Waals surface area contributed by atoms with Crippen molar-refractivity contribution in [2.75, 3.05) is 6.61 Å². The molecule has 0 heterocycles. The van der Waals surface area contributed by atoms with E-state index in [0.717, 1.165) is 0 Å². The molecule has 0 saturated carbocycles. The fourth-order valence-electron chi connectivity index (χ4n) is 1.13. The van der Waals surface area contributed by atoms with Crippen LogP contribution in [0.3, 0.4) is 0 Å². The van der Waals surface area contributed by atoms with Crippen LogP contribution in [-0.2, 0) is 0 Å². The summed E-state index contributed by atoms with van der Waals surface area (Å²) in [6.45, 7) is -1.38. The quantitative estimate of drug-likeness (QED) is 0.839. The van der Waals surface area contributed by atoms with Crippen LogP contribution in [0.2, 0.25) is 15.1 Å². The maximum atomic E-state index is 13.2. The Morgan fingerprint density at radius 1 is 1.31 bits per heavy atom. The predicted molar refractivity (Wildman–Crippen MR) is 60.4 cm³/mol. The van der Waals surface area contributed by atoms with Gasteiger partial charge in [0.25, 0.3) is 5.92 Å². The van der Waals surface area contributed by atoms with E-state index in [4.69, 9.17) is 45.6 Å². The van der Waals surface area contributed by atoms with Gasteiger partial charge in [0.1, 0.15) is 6.61 Å². The minimum absolute atomic E-state index is 0.0355. The molecule has 0 radical (unpaired) electrons. The smallest absolute Gasteiger partial charge is 0.289 e. The Kier molecular flexibility index (Phi) is 4.37. The van der Waals surface area contributed by atoms with Gasteiger partial charge in [-0.1, -0.05) is 34.8 Å². The van der Waals surface area contributed by atoms with Gasteiger partial charge in [-0.05, 0) is 17.7 Å². The number of benzene rings is 1. The molecule has 1 rings (SSSR count). The van der Waals surface area contributed by atoms with E-state index in [0.29, 0.717) is 0 Å². The summed E-state index contributed by atoms with van der Waals surface area (Å²) in [5, 5.41) is 8.61. The Labute approximate surface area is 106 Å². The average Bonchev–Trinajstić information content (AvgIpc) is 2.22. The molecule has 1 aromatic rings. The maximum absolute atomic E-state index is 13.2. The summed E-state index contributed by atoms with van der Waals surface area (Å²) in [7, 11) is 0. The topological polar surface area (TPSA) is 46.2 Å². The Hall–Kier alpha value is -0.130. The van der Waals surface area contributed by atoms with Crippen LogP contribution >= 0.6 is 34.8 Å². The van der Waals surface area contributed by atoms with Gasteiger partial charge in [-0.2, -0.15) is 0 Å². The highest BCUT2D eigenvalue weighted by molar-refractivity contribution is 6.43. The van der Waals surface area contributed by atoms with Gasteiger partial charge < -0.3 is 10.8 Å². The summed E-state index contributed by atoms with van der Waals surface area (Å²) in [5.74, 6) is -3.49. The van der Waals surface area contributed by atoms with E-state index in [2.05, 4.69) is 0 Å². The molecule has 0 unspecified atom stereocenters. The zero-order valence-corrected chi connectivity index (χ0v) is 10.1. The number of nitrogens with two attached hydrogens (primary N) is 1. The number of rotatable bonds is 3. The lowest BCUT2D eigenvalue weighted by molar-refractivity contribution is -0.0711. The van der Waals surface area contributed by atoms with Crippen molar-refractivity contribution >= 4 is 34.8 Å². The molecule has 0 aliphatic heterocycles. The third-order valence-electron chi connectivity index (χ3n) is 2.02. The zero-order chi connectivity index (χ0) is 12.5. The van der Waals surface area contributed by atoms with E-state index in [1.54, 1.807) is 0 Å². The lowest BCUT2D eigenvalue weighted by Crippen LogP contribution is -2.36. The monoisotopic (exact) mass is 289 g/mol. The minimum Gasteiger partial charge on any atom is -0.390 e. The molecule has 0 spiro atoms. The van der Waals surface area contributed by atoms with Crippen LogP contribution in [0.5, 0.6) is 0 Å². The van der Waals surface area contributed by atoms with Crippen LogP contribution in [-0.4, -0.2) is 17.6 Å². The Morgan fingerprint density at radius 3 is 2.38 bits per heavy atom. The number of aliphatic hydroxyl groups is 1. The Morgan fingerprint density at radius 2 is 1.88 bits per heavy atom. The zero-order valence-electron chi connectivity index (χ0n) is 7.85. The fraction of sp³-hybridized carbons (Fsp3) is 0.333. The van der Waals surface area contributed by atoms with Gasteiger partial charge in [0.2, 0.25) is 0 Å². The predicted octanol–water partition coefficient (Wildman–Crippen LogP) is 3.27. The van der Waals surface area contributed by atoms with Crippen LogP contribution in [0.1, 0.15) is 11.6 Å². The van der Waals surface area contributed by atoms with E-state index in [1.165, 1.54) is 12.1 Å². The molecular formula is C9H8Cl3F2NO. The number of hydrogen-bond acceptors (Lipinski definition) is 2. The van der Waals surface area contributed by atoms with E-state index in [-0.39, 0.29) is 20.6 Å². The van der Waals surface area contributed by atoms with Crippen molar-refractivity contribution in [3.63, 3.8) is 0 Å². The second kappa shape index (κ2) is 5.02. The van der Waals surface area contributed by atoms with Crippen molar-refractivity contribution in [1.29, 1.82) is 0 Å². The molecule has 0 bridgehead atoms. The lowest BCUT2D eigenvalue weighted by atomic mass is 10.0. The summed E-state index contributed by atoms with van der Waals surface area (Å²) in [6, 6.07) is 0.754. The molecule has 2 nitrogen and oxygen atoms in total. The first-order valence-corrected chi connectivity index (χ1v) is 5.31. The van der Waals surface area contributed by atoms with Gasteiger partial charge in [-0.15, -0.1) is 0 Å². The van der Waals surface area contributed by atoms with Gasteiger partial charge in [0, 0.05) is 5.02 Å². The number of aliphatic hydroxyl groups excluding tert-OH is 1. The number of hydrogen-bond donors (Lipinski definition) is 2. The van der Waals surface area contributed by atoms with E-state index >= 15 is 0 Å². The second-order valence-electron chi connectivity index (χ2n) is 3.19. The maximum Gasteiger partial charge on any atom is 0.289 e. The van der Waals surface area contributed by atoms with Crippen LogP contribution in [0.4, 0.5) is 8.78 Å². The molecule has 0 aliphatic rings. The molecule has 7 heteroatoms. The molecule has 0 aliphatic carbocycles. The minimum atomic E-state index is -3.49. The van der Waals surface area contributed by atoms with Gasteiger partial charge in [0.05, 0.1) is 16.1 Å². The molecule has 1 atom stereocenters. The lowest BCUT2D eigenvalue weighted by Gasteiger charge is -2.23. The van der Waals surface area contributed by atoms with Crippen LogP contribution in [0.25, 0.3) is 0 Å². The first kappa shape index (κ1) is 13.9. The Bertz CT molecular complexity index is 401. The normalized spacial score (nSPS) is 13.9. The first-order valence-electron chi connectivity index (χ1n) is 4.18. The highest BCUT2D eigenvalue weighted by Gasteiger charge is 2.38. The molecular weight excluding hydrogens is 282 g/mol. The van der Waals surface area contributed by atoms with Crippen LogP contribution in [0.15, 0.2) is 12.1 Å². The average molecular weight is 291 g/mol. The fourth-order valence-corrected chi connectivity index (χ4v) is 1.86. The molecule has 16 heavy (non-hydrogen) atoms. The summed E-state index contributed by atoms with van der Waals surface area (Å²) >= 11 is 17.1. The molecule has 3 N–H and O–H groups in total. The van der Waals surface area contributed by atoms with E-state index in [9.17, 15) is 8.78 Å².